The molecule has 3 N–H and O–H groups in total. The highest BCUT2D eigenvalue weighted by atomic mass is 79.9. The predicted molar refractivity (Wildman–Crippen MR) is 74.4 cm³/mol. The molecule has 18 heavy (non-hydrogen) atoms. The fourth-order valence-corrected chi connectivity index (χ4v) is 3.30. The van der Waals surface area contributed by atoms with Crippen LogP contribution in [0.15, 0.2) is 28.7 Å². The number of hydrogen-bond donors (Lipinski definition) is 3. The molecule has 100 valence electrons. The van der Waals surface area contributed by atoms with Crippen molar-refractivity contribution in [1.29, 1.82) is 0 Å². The Bertz CT molecular complexity index is 535. The molecule has 7 heteroatoms. The average molecular weight is 334 g/mol. The van der Waals surface area contributed by atoms with E-state index in [2.05, 4.69) is 31.5 Å². The number of halogens is 1. The first-order chi connectivity index (χ1) is 8.37. The van der Waals surface area contributed by atoms with Gasteiger partial charge in [-0.3, -0.25) is 5.43 Å². The third-order valence-corrected chi connectivity index (χ3v) is 4.11. The van der Waals surface area contributed by atoms with E-state index in [1.165, 1.54) is 0 Å². The smallest absolute Gasteiger partial charge is 0.210 e. The van der Waals surface area contributed by atoms with Crippen LogP contribution in [-0.4, -0.2) is 26.9 Å². The summed E-state index contributed by atoms with van der Waals surface area (Å²) in [6.45, 7) is 2.02. The maximum atomic E-state index is 11.3. The molecule has 1 aromatic carbocycles. The first-order valence-electron chi connectivity index (χ1n) is 5.60. The van der Waals surface area contributed by atoms with E-state index in [1.807, 2.05) is 31.2 Å². The van der Waals surface area contributed by atoms with Crippen molar-refractivity contribution >= 4 is 26.0 Å². The molecule has 1 aliphatic rings. The zero-order chi connectivity index (χ0) is 13.3. The van der Waals surface area contributed by atoms with E-state index in [1.54, 1.807) is 0 Å². The fraction of sp³-hybridized carbons (Fsp3) is 0.455. The van der Waals surface area contributed by atoms with Crippen LogP contribution in [0, 0.1) is 0 Å². The minimum atomic E-state index is -3.25. The van der Waals surface area contributed by atoms with E-state index in [0.717, 1.165) is 16.3 Å². The van der Waals surface area contributed by atoms with Crippen LogP contribution < -0.4 is 15.6 Å². The molecule has 1 aliphatic heterocycles. The predicted octanol–water partition coefficient (Wildman–Crippen LogP) is 0.904. The van der Waals surface area contributed by atoms with Gasteiger partial charge in [0, 0.05) is 16.4 Å². The van der Waals surface area contributed by atoms with E-state index in [-0.39, 0.29) is 18.1 Å². The summed E-state index contributed by atoms with van der Waals surface area (Å²) in [7, 11) is -3.25. The monoisotopic (exact) mass is 333 g/mol. The lowest BCUT2D eigenvalue weighted by Crippen LogP contribution is -2.45. The number of hydrogen-bond acceptors (Lipinski definition) is 4. The van der Waals surface area contributed by atoms with Gasteiger partial charge in [0.1, 0.15) is 0 Å². The van der Waals surface area contributed by atoms with E-state index >= 15 is 0 Å². The lowest BCUT2D eigenvalue weighted by atomic mass is 9.92. The SMILES string of the molecule is CC1NNC(NS(C)(=O)=O)C1c1cccc(Br)c1. The lowest BCUT2D eigenvalue weighted by Gasteiger charge is -2.21. The number of sulfonamides is 1. The Kier molecular flexibility index (Phi) is 4.08. The number of rotatable bonds is 3. The summed E-state index contributed by atoms with van der Waals surface area (Å²) in [5.74, 6) is 0.0391. The summed E-state index contributed by atoms with van der Waals surface area (Å²) in [6, 6.07) is 8.04. The van der Waals surface area contributed by atoms with Crippen molar-refractivity contribution in [2.45, 2.75) is 25.0 Å². The molecule has 0 bridgehead atoms. The molecule has 1 aromatic rings. The largest absolute Gasteiger partial charge is 0.253 e. The van der Waals surface area contributed by atoms with Crippen LogP contribution >= 0.6 is 15.9 Å². The maximum Gasteiger partial charge on any atom is 0.210 e. The van der Waals surface area contributed by atoms with Crippen molar-refractivity contribution in [2.24, 2.45) is 0 Å². The van der Waals surface area contributed by atoms with Gasteiger partial charge in [-0.05, 0) is 24.6 Å². The van der Waals surface area contributed by atoms with Crippen LogP contribution in [0.2, 0.25) is 0 Å². The Balaban J connectivity index is 2.28. The van der Waals surface area contributed by atoms with Crippen molar-refractivity contribution < 1.29 is 8.42 Å². The fourth-order valence-electron chi connectivity index (χ4n) is 2.22. The van der Waals surface area contributed by atoms with Crippen LogP contribution in [0.3, 0.4) is 0 Å². The Morgan fingerprint density at radius 1 is 1.33 bits per heavy atom. The van der Waals surface area contributed by atoms with Crippen LogP contribution in [-0.2, 0) is 10.0 Å². The highest BCUT2D eigenvalue weighted by Gasteiger charge is 2.35. The third kappa shape index (κ3) is 3.30. The van der Waals surface area contributed by atoms with Crippen molar-refractivity contribution in [3.63, 3.8) is 0 Å². The molecule has 1 fully saturated rings. The Morgan fingerprint density at radius 2 is 2.06 bits per heavy atom. The first-order valence-corrected chi connectivity index (χ1v) is 8.29. The first kappa shape index (κ1) is 14.0. The molecular formula is C11H16BrN3O2S. The molecule has 0 radical (unpaired) electrons. The summed E-state index contributed by atoms with van der Waals surface area (Å²) in [5, 5.41) is 0. The molecule has 0 amide bonds. The van der Waals surface area contributed by atoms with Gasteiger partial charge in [0.25, 0.3) is 0 Å². The van der Waals surface area contributed by atoms with Gasteiger partial charge >= 0.3 is 0 Å². The van der Waals surface area contributed by atoms with Gasteiger partial charge in [-0.2, -0.15) is 4.72 Å². The van der Waals surface area contributed by atoms with Gasteiger partial charge in [-0.1, -0.05) is 28.1 Å². The molecule has 3 unspecified atom stereocenters. The zero-order valence-corrected chi connectivity index (χ0v) is 12.5. The number of hydrazine groups is 1. The Morgan fingerprint density at radius 3 is 2.67 bits per heavy atom. The third-order valence-electron chi connectivity index (χ3n) is 2.94. The van der Waals surface area contributed by atoms with Gasteiger partial charge in [-0.15, -0.1) is 0 Å². The van der Waals surface area contributed by atoms with Crippen LogP contribution in [0.4, 0.5) is 0 Å². The maximum absolute atomic E-state index is 11.3. The molecule has 3 atom stereocenters. The van der Waals surface area contributed by atoms with E-state index in [9.17, 15) is 8.42 Å². The average Bonchev–Trinajstić information content (AvgIpc) is 2.57. The Labute approximate surface area is 115 Å². The second-order valence-electron chi connectivity index (χ2n) is 4.53. The minimum absolute atomic E-state index is 0.0391. The normalized spacial score (nSPS) is 28.5. The van der Waals surface area contributed by atoms with Crippen LogP contribution in [0.1, 0.15) is 18.4 Å². The van der Waals surface area contributed by atoms with Gasteiger partial charge in [0.05, 0.1) is 12.4 Å². The molecule has 1 heterocycles. The highest BCUT2D eigenvalue weighted by molar-refractivity contribution is 9.10. The molecule has 0 aromatic heterocycles. The van der Waals surface area contributed by atoms with Crippen molar-refractivity contribution in [2.75, 3.05) is 6.26 Å². The molecule has 2 rings (SSSR count). The van der Waals surface area contributed by atoms with Crippen molar-refractivity contribution in [3.05, 3.63) is 34.3 Å². The van der Waals surface area contributed by atoms with E-state index in [0.29, 0.717) is 0 Å². The number of benzene rings is 1. The topological polar surface area (TPSA) is 70.2 Å². The van der Waals surface area contributed by atoms with Crippen LogP contribution in [0.5, 0.6) is 0 Å². The summed E-state index contributed by atoms with van der Waals surface area (Å²) in [6.07, 6.45) is 0.819. The van der Waals surface area contributed by atoms with Crippen molar-refractivity contribution in [3.8, 4) is 0 Å². The van der Waals surface area contributed by atoms with Crippen molar-refractivity contribution in [1.82, 2.24) is 15.6 Å². The highest BCUT2D eigenvalue weighted by Crippen LogP contribution is 2.28. The van der Waals surface area contributed by atoms with Crippen LogP contribution in [0.25, 0.3) is 0 Å². The molecule has 1 saturated heterocycles. The quantitative estimate of drug-likeness (QED) is 0.768. The minimum Gasteiger partial charge on any atom is -0.253 e. The molecule has 0 saturated carbocycles. The number of nitrogens with one attached hydrogen (secondary N) is 3. The Hall–Kier alpha value is -0.470. The molecule has 0 aliphatic carbocycles. The van der Waals surface area contributed by atoms with Gasteiger partial charge in [-0.25, -0.2) is 13.8 Å². The lowest BCUT2D eigenvalue weighted by molar-refractivity contribution is 0.486. The standard InChI is InChI=1S/C11H16BrN3O2S/c1-7-10(8-4-3-5-9(12)6-8)11(14-13-7)15-18(2,16)17/h3-7,10-11,13-15H,1-2H3. The second-order valence-corrected chi connectivity index (χ2v) is 7.22. The summed E-state index contributed by atoms with van der Waals surface area (Å²) in [4.78, 5) is 0. The zero-order valence-electron chi connectivity index (χ0n) is 10.1. The summed E-state index contributed by atoms with van der Waals surface area (Å²) in [5.41, 5.74) is 7.12. The van der Waals surface area contributed by atoms with E-state index < -0.39 is 10.0 Å². The van der Waals surface area contributed by atoms with Gasteiger partial charge < -0.3 is 0 Å². The molecular weight excluding hydrogens is 318 g/mol. The van der Waals surface area contributed by atoms with E-state index in [4.69, 9.17) is 0 Å². The molecule has 5 nitrogen and oxygen atoms in total. The molecule has 0 spiro atoms. The van der Waals surface area contributed by atoms with Gasteiger partial charge in [0.2, 0.25) is 10.0 Å². The summed E-state index contributed by atoms with van der Waals surface area (Å²) >= 11 is 3.43. The second kappa shape index (κ2) is 5.26. The summed E-state index contributed by atoms with van der Waals surface area (Å²) < 4.78 is 26.3. The van der Waals surface area contributed by atoms with Gasteiger partial charge in [0.15, 0.2) is 0 Å².